The van der Waals surface area contributed by atoms with E-state index < -0.39 is 0 Å². The van der Waals surface area contributed by atoms with Gasteiger partial charge in [-0.25, -0.2) is 9.97 Å². The molecule has 0 amide bonds. The van der Waals surface area contributed by atoms with Gasteiger partial charge in [0.1, 0.15) is 5.69 Å². The Labute approximate surface area is 102 Å². The van der Waals surface area contributed by atoms with Crippen LogP contribution in [0.5, 0.6) is 0 Å². The van der Waals surface area contributed by atoms with Crippen LogP contribution in [0.15, 0.2) is 53.4 Å². The minimum atomic E-state index is 0.745. The summed E-state index contributed by atoms with van der Waals surface area (Å²) >= 11 is 0. The molecule has 1 aromatic carbocycles. The summed E-state index contributed by atoms with van der Waals surface area (Å²) in [5, 5.41) is 1.05. The van der Waals surface area contributed by atoms with Gasteiger partial charge < -0.3 is 9.40 Å². The molecule has 0 spiro atoms. The normalized spacial score (nSPS) is 11.3. The molecule has 0 aliphatic rings. The van der Waals surface area contributed by atoms with E-state index in [9.17, 15) is 0 Å². The number of nitrogens with zero attached hydrogens (tertiary/aromatic N) is 2. The molecule has 0 aliphatic heterocycles. The van der Waals surface area contributed by atoms with Gasteiger partial charge in [-0.3, -0.25) is 0 Å². The van der Waals surface area contributed by atoms with Crippen molar-refractivity contribution in [3.05, 3.63) is 49.0 Å². The molecule has 4 heteroatoms. The summed E-state index contributed by atoms with van der Waals surface area (Å²) in [6, 6.07) is 11.7. The predicted octanol–water partition coefficient (Wildman–Crippen LogP) is 3.37. The molecular formula is C14H9N3O. The number of hydrogen-bond donors (Lipinski definition) is 1. The Bertz CT molecular complexity index is 831. The van der Waals surface area contributed by atoms with E-state index in [4.69, 9.17) is 4.42 Å². The summed E-state index contributed by atoms with van der Waals surface area (Å²) in [5.41, 5.74) is 3.55. The summed E-state index contributed by atoms with van der Waals surface area (Å²) in [6.07, 6.45) is 3.33. The maximum absolute atomic E-state index is 5.44. The first kappa shape index (κ1) is 9.41. The molecule has 0 saturated carbocycles. The first-order valence-electron chi connectivity index (χ1n) is 5.69. The van der Waals surface area contributed by atoms with Gasteiger partial charge in [-0.1, -0.05) is 18.2 Å². The lowest BCUT2D eigenvalue weighted by Gasteiger charge is -2.02. The molecule has 18 heavy (non-hydrogen) atoms. The van der Waals surface area contributed by atoms with Gasteiger partial charge in [-0.05, 0) is 18.2 Å². The number of fused-ring (bicyclic) bond motifs is 3. The molecule has 0 radical (unpaired) electrons. The lowest BCUT2D eigenvalue weighted by molar-refractivity contribution is 0.581. The third-order valence-corrected chi connectivity index (χ3v) is 3.02. The number of nitrogens with one attached hydrogen (secondary N) is 1. The second kappa shape index (κ2) is 3.43. The fourth-order valence-corrected chi connectivity index (χ4v) is 2.22. The second-order valence-electron chi connectivity index (χ2n) is 4.08. The van der Waals surface area contributed by atoms with Crippen molar-refractivity contribution in [1.82, 2.24) is 15.0 Å². The summed E-state index contributed by atoms with van der Waals surface area (Å²) in [5.74, 6) is 0.745. The minimum absolute atomic E-state index is 0.745. The van der Waals surface area contributed by atoms with Crippen molar-refractivity contribution in [2.45, 2.75) is 0 Å². The van der Waals surface area contributed by atoms with Gasteiger partial charge in [0, 0.05) is 5.39 Å². The molecule has 3 heterocycles. The Balaban J connectivity index is 2.21. The van der Waals surface area contributed by atoms with Gasteiger partial charge in [-0.15, -0.1) is 0 Å². The number of para-hydroxylation sites is 1. The molecule has 0 saturated heterocycles. The van der Waals surface area contributed by atoms with Crippen molar-refractivity contribution in [3.8, 4) is 11.5 Å². The smallest absolute Gasteiger partial charge is 0.154 e. The lowest BCUT2D eigenvalue weighted by Crippen LogP contribution is -1.87. The standard InChI is InChI=1S/C14H9N3O/c1-2-5-10-9(4-1)12-14(16-8-15-12)13(17-10)11-6-3-7-18-11/h1-8H,(H,15,16). The maximum atomic E-state index is 5.44. The second-order valence-corrected chi connectivity index (χ2v) is 4.08. The van der Waals surface area contributed by atoms with Crippen LogP contribution in [0.4, 0.5) is 0 Å². The van der Waals surface area contributed by atoms with Crippen LogP contribution < -0.4 is 0 Å². The van der Waals surface area contributed by atoms with Gasteiger partial charge >= 0.3 is 0 Å². The fourth-order valence-electron chi connectivity index (χ4n) is 2.22. The molecule has 0 fully saturated rings. The topological polar surface area (TPSA) is 54.7 Å². The highest BCUT2D eigenvalue weighted by molar-refractivity contribution is 6.06. The minimum Gasteiger partial charge on any atom is -0.463 e. The van der Waals surface area contributed by atoms with Gasteiger partial charge in [0.15, 0.2) is 5.76 Å². The van der Waals surface area contributed by atoms with Gasteiger partial charge in [0.25, 0.3) is 0 Å². The molecule has 4 rings (SSSR count). The van der Waals surface area contributed by atoms with E-state index in [1.807, 2.05) is 36.4 Å². The van der Waals surface area contributed by atoms with Crippen LogP contribution in [0.25, 0.3) is 33.4 Å². The average Bonchev–Trinajstić information content (AvgIpc) is 3.09. The van der Waals surface area contributed by atoms with Gasteiger partial charge in [-0.2, -0.15) is 0 Å². The monoisotopic (exact) mass is 235 g/mol. The Morgan fingerprint density at radius 3 is 2.89 bits per heavy atom. The number of H-pyrrole nitrogens is 1. The van der Waals surface area contributed by atoms with Crippen molar-refractivity contribution < 1.29 is 4.42 Å². The van der Waals surface area contributed by atoms with Crippen molar-refractivity contribution in [3.63, 3.8) is 0 Å². The van der Waals surface area contributed by atoms with Crippen LogP contribution >= 0.6 is 0 Å². The Morgan fingerprint density at radius 1 is 1.06 bits per heavy atom. The third-order valence-electron chi connectivity index (χ3n) is 3.02. The summed E-state index contributed by atoms with van der Waals surface area (Å²) in [7, 11) is 0. The van der Waals surface area contributed by atoms with Crippen LogP contribution in [-0.2, 0) is 0 Å². The fraction of sp³-hybridized carbons (Fsp3) is 0. The number of hydrogen-bond acceptors (Lipinski definition) is 3. The Morgan fingerprint density at radius 2 is 2.00 bits per heavy atom. The molecule has 4 aromatic rings. The molecule has 1 N–H and O–H groups in total. The molecule has 0 unspecified atom stereocenters. The zero-order valence-corrected chi connectivity index (χ0v) is 9.42. The zero-order chi connectivity index (χ0) is 11.9. The number of benzene rings is 1. The van der Waals surface area contributed by atoms with Crippen LogP contribution in [-0.4, -0.2) is 15.0 Å². The summed E-state index contributed by atoms with van der Waals surface area (Å²) in [4.78, 5) is 12.2. The maximum Gasteiger partial charge on any atom is 0.154 e. The molecule has 0 aliphatic carbocycles. The lowest BCUT2D eigenvalue weighted by atomic mass is 10.1. The van der Waals surface area contributed by atoms with Crippen molar-refractivity contribution >= 4 is 21.9 Å². The highest BCUT2D eigenvalue weighted by Crippen LogP contribution is 2.29. The highest BCUT2D eigenvalue weighted by Gasteiger charge is 2.13. The molecule has 0 atom stereocenters. The van der Waals surface area contributed by atoms with E-state index in [1.165, 1.54) is 0 Å². The van der Waals surface area contributed by atoms with Crippen molar-refractivity contribution in [2.75, 3.05) is 0 Å². The number of imidazole rings is 1. The van der Waals surface area contributed by atoms with E-state index in [-0.39, 0.29) is 0 Å². The molecule has 3 aromatic heterocycles. The Hall–Kier alpha value is -2.62. The number of pyridine rings is 1. The van der Waals surface area contributed by atoms with Gasteiger partial charge in [0.05, 0.1) is 29.1 Å². The van der Waals surface area contributed by atoms with E-state index in [1.54, 1.807) is 12.6 Å². The quantitative estimate of drug-likeness (QED) is 0.550. The number of rotatable bonds is 1. The third kappa shape index (κ3) is 1.20. The van der Waals surface area contributed by atoms with E-state index >= 15 is 0 Å². The van der Waals surface area contributed by atoms with Crippen LogP contribution in [0.3, 0.4) is 0 Å². The van der Waals surface area contributed by atoms with Crippen LogP contribution in [0.1, 0.15) is 0 Å². The largest absolute Gasteiger partial charge is 0.463 e. The zero-order valence-electron chi connectivity index (χ0n) is 9.42. The summed E-state index contributed by atoms with van der Waals surface area (Å²) in [6.45, 7) is 0. The van der Waals surface area contributed by atoms with Crippen molar-refractivity contribution in [1.29, 1.82) is 0 Å². The van der Waals surface area contributed by atoms with Crippen molar-refractivity contribution in [2.24, 2.45) is 0 Å². The molecular weight excluding hydrogens is 226 g/mol. The number of aromatic nitrogens is 3. The Kier molecular flexibility index (Phi) is 1.80. The average molecular weight is 235 g/mol. The number of furan rings is 1. The molecule has 4 nitrogen and oxygen atoms in total. The van der Waals surface area contributed by atoms with E-state index in [2.05, 4.69) is 15.0 Å². The predicted molar refractivity (Wildman–Crippen MR) is 69.1 cm³/mol. The number of aromatic amines is 1. The molecule has 86 valence electrons. The van der Waals surface area contributed by atoms with Crippen LogP contribution in [0, 0.1) is 0 Å². The SMILES string of the molecule is c1coc(-c2nc3ccccc3c3nc[nH]c23)c1. The highest BCUT2D eigenvalue weighted by atomic mass is 16.3. The van der Waals surface area contributed by atoms with Crippen LogP contribution in [0.2, 0.25) is 0 Å². The van der Waals surface area contributed by atoms with Gasteiger partial charge in [0.2, 0.25) is 0 Å². The summed E-state index contributed by atoms with van der Waals surface area (Å²) < 4.78 is 5.44. The van der Waals surface area contributed by atoms with E-state index in [0.29, 0.717) is 0 Å². The van der Waals surface area contributed by atoms with E-state index in [0.717, 1.165) is 33.4 Å². The first-order chi connectivity index (χ1) is 8.93. The first-order valence-corrected chi connectivity index (χ1v) is 5.69. The molecule has 0 bridgehead atoms.